The maximum Gasteiger partial charge on any atom is 0.405 e. The molecule has 0 saturated carbocycles. The van der Waals surface area contributed by atoms with Crippen molar-refractivity contribution in [3.63, 3.8) is 0 Å². The van der Waals surface area contributed by atoms with Crippen LogP contribution in [0.25, 0.3) is 0 Å². The van der Waals surface area contributed by atoms with Crippen molar-refractivity contribution in [2.45, 2.75) is 26.2 Å². The molecular formula is C13H12F7NO. The highest BCUT2D eigenvalue weighted by atomic mass is 19.4. The lowest BCUT2D eigenvalue weighted by molar-refractivity contribution is -0.137. The quantitative estimate of drug-likeness (QED) is 0.607. The first kappa shape index (κ1) is 18.2. The third-order valence-corrected chi connectivity index (χ3v) is 2.73. The van der Waals surface area contributed by atoms with Crippen LogP contribution < -0.4 is 4.90 Å². The van der Waals surface area contributed by atoms with Gasteiger partial charge in [0.05, 0.1) is 5.56 Å². The summed E-state index contributed by atoms with van der Waals surface area (Å²) in [5.74, 6) is -1.82. The Morgan fingerprint density at radius 1 is 1.05 bits per heavy atom. The van der Waals surface area contributed by atoms with E-state index in [0.717, 1.165) is 13.0 Å². The second kappa shape index (κ2) is 6.13. The Bertz CT molecular complexity index is 523. The largest absolute Gasteiger partial charge is 0.405 e. The molecule has 1 aromatic carbocycles. The summed E-state index contributed by atoms with van der Waals surface area (Å²) in [5, 5.41) is 0. The summed E-state index contributed by atoms with van der Waals surface area (Å²) in [6, 6.07) is 1.43. The van der Waals surface area contributed by atoms with Crippen molar-refractivity contribution in [1.29, 1.82) is 0 Å². The average molecular weight is 331 g/mol. The lowest BCUT2D eigenvalue weighted by atomic mass is 10.0. The molecule has 0 saturated heterocycles. The molecule has 1 aromatic rings. The van der Waals surface area contributed by atoms with Crippen LogP contribution in [0.5, 0.6) is 0 Å². The molecule has 0 N–H and O–H groups in total. The average Bonchev–Trinajstić information content (AvgIpc) is 2.22. The molecule has 1 rings (SSSR count). The minimum Gasteiger partial charge on any atom is -0.353 e. The fourth-order valence-electron chi connectivity index (χ4n) is 2.03. The van der Waals surface area contributed by atoms with E-state index in [1.807, 2.05) is 0 Å². The predicted octanol–water partition coefficient (Wildman–Crippen LogP) is 4.27. The lowest BCUT2D eigenvalue weighted by Crippen LogP contribution is -2.40. The van der Waals surface area contributed by atoms with Crippen LogP contribution in [0.3, 0.4) is 0 Å². The minimum absolute atomic E-state index is 0.0278. The molecule has 0 amide bonds. The smallest absolute Gasteiger partial charge is 0.353 e. The van der Waals surface area contributed by atoms with Crippen molar-refractivity contribution in [2.24, 2.45) is 0 Å². The van der Waals surface area contributed by atoms with Crippen LogP contribution in [-0.4, -0.2) is 31.2 Å². The number of aryl methyl sites for hydroxylation is 1. The Hall–Kier alpha value is -1.80. The Balaban J connectivity index is 3.28. The zero-order valence-corrected chi connectivity index (χ0v) is 11.6. The summed E-state index contributed by atoms with van der Waals surface area (Å²) in [6.45, 7) is -1.48. The Kier molecular flexibility index (Phi) is 5.09. The Morgan fingerprint density at radius 3 is 1.82 bits per heavy atom. The van der Waals surface area contributed by atoms with E-state index in [1.54, 1.807) is 0 Å². The van der Waals surface area contributed by atoms with Gasteiger partial charge in [-0.1, -0.05) is 0 Å². The van der Waals surface area contributed by atoms with E-state index >= 15 is 0 Å². The number of hydrogen-bond acceptors (Lipinski definition) is 2. The van der Waals surface area contributed by atoms with Crippen LogP contribution in [0.2, 0.25) is 0 Å². The maximum absolute atomic E-state index is 13.8. The van der Waals surface area contributed by atoms with E-state index in [2.05, 4.69) is 0 Å². The van der Waals surface area contributed by atoms with Crippen LogP contribution in [0.1, 0.15) is 22.8 Å². The molecule has 0 atom stereocenters. The fourth-order valence-corrected chi connectivity index (χ4v) is 2.03. The molecule has 0 heterocycles. The van der Waals surface area contributed by atoms with Gasteiger partial charge in [0.15, 0.2) is 5.78 Å². The van der Waals surface area contributed by atoms with Gasteiger partial charge in [-0.3, -0.25) is 4.79 Å². The number of ketones is 1. The normalized spacial score (nSPS) is 12.4. The molecule has 0 unspecified atom stereocenters. The Labute approximate surface area is 121 Å². The van der Waals surface area contributed by atoms with Crippen molar-refractivity contribution < 1.29 is 35.5 Å². The predicted molar refractivity (Wildman–Crippen MR) is 65.5 cm³/mol. The molecule has 0 fully saturated rings. The van der Waals surface area contributed by atoms with Gasteiger partial charge >= 0.3 is 12.4 Å². The SMILES string of the molecule is CC(=O)c1c(C)cc(N(CC(F)(F)F)CC(F)(F)F)cc1F. The summed E-state index contributed by atoms with van der Waals surface area (Å²) in [6.07, 6.45) is -9.79. The van der Waals surface area contributed by atoms with Crippen LogP contribution in [0.4, 0.5) is 36.4 Å². The highest BCUT2D eigenvalue weighted by molar-refractivity contribution is 5.96. The second-order valence-electron chi connectivity index (χ2n) is 4.76. The van der Waals surface area contributed by atoms with Crippen molar-refractivity contribution in [3.05, 3.63) is 29.1 Å². The monoisotopic (exact) mass is 331 g/mol. The molecule has 22 heavy (non-hydrogen) atoms. The molecular weight excluding hydrogens is 319 g/mol. The topological polar surface area (TPSA) is 20.3 Å². The first-order valence-corrected chi connectivity index (χ1v) is 5.99. The van der Waals surface area contributed by atoms with Gasteiger partial charge in [0.1, 0.15) is 18.9 Å². The molecule has 0 bridgehead atoms. The highest BCUT2D eigenvalue weighted by Crippen LogP contribution is 2.29. The highest BCUT2D eigenvalue weighted by Gasteiger charge is 2.38. The van der Waals surface area contributed by atoms with E-state index in [4.69, 9.17) is 0 Å². The standard InChI is InChI=1S/C13H12F7NO/c1-7-3-9(4-10(14)11(7)8(2)22)21(5-12(15,16)17)6-13(18,19)20/h3-4H,5-6H2,1-2H3. The molecule has 0 spiro atoms. The number of carbonyl (C=O) groups excluding carboxylic acids is 1. The van der Waals surface area contributed by atoms with Gasteiger partial charge in [0.25, 0.3) is 0 Å². The molecule has 0 aliphatic heterocycles. The number of benzene rings is 1. The summed E-state index contributed by atoms with van der Waals surface area (Å²) >= 11 is 0. The first-order valence-electron chi connectivity index (χ1n) is 5.99. The van der Waals surface area contributed by atoms with Crippen LogP contribution >= 0.6 is 0 Å². The molecule has 0 aliphatic carbocycles. The third-order valence-electron chi connectivity index (χ3n) is 2.73. The van der Waals surface area contributed by atoms with E-state index < -0.39 is 42.7 Å². The molecule has 9 heteroatoms. The summed E-state index contributed by atoms with van der Waals surface area (Å²) in [4.78, 5) is 11.2. The van der Waals surface area contributed by atoms with E-state index in [0.29, 0.717) is 6.07 Å². The molecule has 2 nitrogen and oxygen atoms in total. The van der Waals surface area contributed by atoms with Crippen molar-refractivity contribution in [1.82, 2.24) is 0 Å². The number of rotatable bonds is 4. The molecule has 124 valence electrons. The number of nitrogens with zero attached hydrogens (tertiary/aromatic N) is 1. The van der Waals surface area contributed by atoms with Gasteiger partial charge in [-0.05, 0) is 31.5 Å². The van der Waals surface area contributed by atoms with Crippen molar-refractivity contribution in [2.75, 3.05) is 18.0 Å². The van der Waals surface area contributed by atoms with Crippen molar-refractivity contribution in [3.8, 4) is 0 Å². The van der Waals surface area contributed by atoms with E-state index in [1.165, 1.54) is 6.92 Å². The van der Waals surface area contributed by atoms with Gasteiger partial charge in [-0.25, -0.2) is 4.39 Å². The van der Waals surface area contributed by atoms with Crippen LogP contribution in [-0.2, 0) is 0 Å². The molecule has 0 radical (unpaired) electrons. The summed E-state index contributed by atoms with van der Waals surface area (Å²) in [5.41, 5.74) is -0.978. The molecule has 0 aromatic heterocycles. The lowest BCUT2D eigenvalue weighted by Gasteiger charge is -2.27. The number of hydrogen-bond donors (Lipinski definition) is 0. The zero-order chi connectivity index (χ0) is 17.3. The third kappa shape index (κ3) is 5.19. The summed E-state index contributed by atoms with van der Waals surface area (Å²) < 4.78 is 88.3. The van der Waals surface area contributed by atoms with Gasteiger partial charge in [0.2, 0.25) is 0 Å². The number of carbonyl (C=O) groups is 1. The van der Waals surface area contributed by atoms with E-state index in [9.17, 15) is 35.5 Å². The summed E-state index contributed by atoms with van der Waals surface area (Å²) in [7, 11) is 0. The number of alkyl halides is 6. The van der Waals surface area contributed by atoms with Crippen LogP contribution in [0, 0.1) is 12.7 Å². The van der Waals surface area contributed by atoms with Gasteiger partial charge in [0, 0.05) is 5.69 Å². The fraction of sp³-hybridized carbons (Fsp3) is 0.462. The zero-order valence-electron chi connectivity index (χ0n) is 11.6. The minimum atomic E-state index is -4.89. The second-order valence-corrected chi connectivity index (χ2v) is 4.76. The number of Topliss-reactive ketones (excluding diaryl/α,β-unsaturated/α-hetero) is 1. The molecule has 0 aliphatic rings. The van der Waals surface area contributed by atoms with E-state index in [-0.39, 0.29) is 16.0 Å². The van der Waals surface area contributed by atoms with Gasteiger partial charge in [-0.15, -0.1) is 0 Å². The Morgan fingerprint density at radius 2 is 1.50 bits per heavy atom. The number of halogens is 7. The number of anilines is 1. The first-order chi connectivity index (χ1) is 9.80. The van der Waals surface area contributed by atoms with Crippen LogP contribution in [0.15, 0.2) is 12.1 Å². The maximum atomic E-state index is 13.8. The van der Waals surface area contributed by atoms with Gasteiger partial charge < -0.3 is 4.90 Å². The van der Waals surface area contributed by atoms with Crippen molar-refractivity contribution >= 4 is 11.5 Å². The van der Waals surface area contributed by atoms with Gasteiger partial charge in [-0.2, -0.15) is 26.3 Å².